The average molecular weight is 215 g/mol. The van der Waals surface area contributed by atoms with E-state index in [-0.39, 0.29) is 5.41 Å². The van der Waals surface area contributed by atoms with Crippen molar-refractivity contribution in [3.63, 3.8) is 0 Å². The summed E-state index contributed by atoms with van der Waals surface area (Å²) in [7, 11) is 1.28. The van der Waals surface area contributed by atoms with Crippen molar-refractivity contribution < 1.29 is 19.4 Å². The highest BCUT2D eigenvalue weighted by Crippen LogP contribution is 2.61. The number of ether oxygens (including phenoxy) is 1. The van der Waals surface area contributed by atoms with Gasteiger partial charge in [0.05, 0.1) is 7.11 Å². The van der Waals surface area contributed by atoms with Crippen molar-refractivity contribution >= 4 is 12.1 Å². The number of rotatable bonds is 4. The van der Waals surface area contributed by atoms with Gasteiger partial charge in [0.1, 0.15) is 5.54 Å². The van der Waals surface area contributed by atoms with Gasteiger partial charge < -0.3 is 15.2 Å². The fourth-order valence-corrected chi connectivity index (χ4v) is 2.44. The molecule has 0 aromatic carbocycles. The Morgan fingerprint density at radius 2 is 1.93 bits per heavy atom. The Bertz CT molecular complexity index is 285. The lowest BCUT2D eigenvalue weighted by Gasteiger charge is -2.21. The van der Waals surface area contributed by atoms with Crippen LogP contribution in [0.4, 0.5) is 4.79 Å². The van der Waals surface area contributed by atoms with E-state index in [1.54, 1.807) is 0 Å². The second-order valence-electron chi connectivity index (χ2n) is 3.99. The van der Waals surface area contributed by atoms with Crippen molar-refractivity contribution in [2.75, 3.05) is 7.11 Å². The molecule has 1 aliphatic rings. The number of carboxylic acid groups (broad SMARTS) is 1. The van der Waals surface area contributed by atoms with Crippen LogP contribution >= 0.6 is 0 Å². The second kappa shape index (κ2) is 3.72. The van der Waals surface area contributed by atoms with Crippen LogP contribution in [-0.2, 0) is 9.53 Å². The molecule has 1 saturated carbocycles. The number of hydrogen-bond acceptors (Lipinski definition) is 3. The monoisotopic (exact) mass is 215 g/mol. The summed E-state index contributed by atoms with van der Waals surface area (Å²) >= 11 is 0. The zero-order valence-electron chi connectivity index (χ0n) is 9.29. The van der Waals surface area contributed by atoms with E-state index >= 15 is 0 Å². The summed E-state index contributed by atoms with van der Waals surface area (Å²) in [6.45, 7) is 3.91. The molecule has 1 amide bonds. The molecule has 5 nitrogen and oxygen atoms in total. The normalized spacial score (nSPS) is 26.9. The number of carbonyl (C=O) groups excluding carboxylic acids is 1. The minimum Gasteiger partial charge on any atom is -0.467 e. The maximum atomic E-state index is 11.6. The predicted molar refractivity (Wildman–Crippen MR) is 53.5 cm³/mol. The van der Waals surface area contributed by atoms with Crippen LogP contribution in [0.5, 0.6) is 0 Å². The van der Waals surface area contributed by atoms with Crippen LogP contribution in [0.25, 0.3) is 0 Å². The zero-order valence-corrected chi connectivity index (χ0v) is 9.29. The first kappa shape index (κ1) is 11.8. The van der Waals surface area contributed by atoms with E-state index < -0.39 is 17.6 Å². The first-order chi connectivity index (χ1) is 6.98. The Hall–Kier alpha value is -1.26. The van der Waals surface area contributed by atoms with Gasteiger partial charge in [-0.1, -0.05) is 13.8 Å². The number of amides is 1. The predicted octanol–water partition coefficient (Wildman–Crippen LogP) is 1.38. The number of methoxy groups -OCH3 is 1. The maximum absolute atomic E-state index is 11.6. The molecule has 15 heavy (non-hydrogen) atoms. The van der Waals surface area contributed by atoms with Crippen molar-refractivity contribution in [3.8, 4) is 0 Å². The topological polar surface area (TPSA) is 75.6 Å². The minimum atomic E-state index is -1.18. The molecule has 5 heteroatoms. The number of nitrogens with one attached hydrogen (secondary N) is 1. The van der Waals surface area contributed by atoms with Crippen LogP contribution in [0.2, 0.25) is 0 Å². The highest BCUT2D eigenvalue weighted by atomic mass is 16.5. The Balaban J connectivity index is 2.92. The average Bonchev–Trinajstić information content (AvgIpc) is 2.86. The fourth-order valence-electron chi connectivity index (χ4n) is 2.44. The van der Waals surface area contributed by atoms with Crippen molar-refractivity contribution in [2.24, 2.45) is 5.41 Å². The molecule has 0 saturated heterocycles. The van der Waals surface area contributed by atoms with Gasteiger partial charge in [0.15, 0.2) is 0 Å². The van der Waals surface area contributed by atoms with Gasteiger partial charge in [0.2, 0.25) is 0 Å². The van der Waals surface area contributed by atoms with Gasteiger partial charge >= 0.3 is 12.1 Å². The number of carbonyl (C=O) groups is 2. The molecule has 2 N–H and O–H groups in total. The first-order valence-corrected chi connectivity index (χ1v) is 5.07. The smallest absolute Gasteiger partial charge is 0.405 e. The molecular formula is C10H17NO4. The zero-order chi connectivity index (χ0) is 11.7. The van der Waals surface area contributed by atoms with Gasteiger partial charge in [-0.2, -0.15) is 0 Å². The van der Waals surface area contributed by atoms with Crippen molar-refractivity contribution in [1.29, 1.82) is 0 Å². The third kappa shape index (κ3) is 1.56. The molecule has 0 aliphatic heterocycles. The minimum absolute atomic E-state index is 0.265. The van der Waals surface area contributed by atoms with Crippen LogP contribution in [0, 0.1) is 5.41 Å². The largest absolute Gasteiger partial charge is 0.467 e. The molecule has 0 aromatic rings. The summed E-state index contributed by atoms with van der Waals surface area (Å²) < 4.78 is 4.67. The third-order valence-corrected chi connectivity index (χ3v) is 3.59. The van der Waals surface area contributed by atoms with E-state index in [2.05, 4.69) is 10.1 Å². The Kier molecular flexibility index (Phi) is 2.93. The molecule has 0 aromatic heterocycles. The van der Waals surface area contributed by atoms with Crippen molar-refractivity contribution in [1.82, 2.24) is 5.32 Å². The lowest BCUT2D eigenvalue weighted by Crippen LogP contribution is -2.47. The standard InChI is InChI=1S/C10H17NO4/c1-4-9(5-2)6-10(9,7(12)15-3)11-8(13)14/h11H,4-6H2,1-3H3,(H,13,14). The van der Waals surface area contributed by atoms with Gasteiger partial charge in [-0.05, 0) is 19.3 Å². The Morgan fingerprint density at radius 3 is 2.20 bits per heavy atom. The molecule has 0 spiro atoms. The Morgan fingerprint density at radius 1 is 1.40 bits per heavy atom. The van der Waals surface area contributed by atoms with Crippen LogP contribution in [0.3, 0.4) is 0 Å². The number of hydrogen-bond donors (Lipinski definition) is 2. The molecule has 0 heterocycles. The van der Waals surface area contributed by atoms with Crippen LogP contribution in [0.1, 0.15) is 33.1 Å². The molecule has 1 unspecified atom stereocenters. The van der Waals surface area contributed by atoms with E-state index in [9.17, 15) is 9.59 Å². The summed E-state index contributed by atoms with van der Waals surface area (Å²) in [5.74, 6) is -0.478. The third-order valence-electron chi connectivity index (χ3n) is 3.59. The molecular weight excluding hydrogens is 198 g/mol. The van der Waals surface area contributed by atoms with Crippen molar-refractivity contribution in [3.05, 3.63) is 0 Å². The molecule has 1 fully saturated rings. The maximum Gasteiger partial charge on any atom is 0.405 e. The summed E-state index contributed by atoms with van der Waals surface area (Å²) in [5, 5.41) is 11.1. The highest BCUT2D eigenvalue weighted by Gasteiger charge is 2.71. The van der Waals surface area contributed by atoms with E-state index in [1.807, 2.05) is 13.8 Å². The molecule has 86 valence electrons. The molecule has 1 rings (SSSR count). The van der Waals surface area contributed by atoms with E-state index in [4.69, 9.17) is 5.11 Å². The molecule has 1 aliphatic carbocycles. The Labute approximate surface area is 88.8 Å². The lowest BCUT2D eigenvalue weighted by atomic mass is 9.93. The first-order valence-electron chi connectivity index (χ1n) is 5.07. The van der Waals surface area contributed by atoms with Gasteiger partial charge in [0, 0.05) is 5.41 Å². The van der Waals surface area contributed by atoms with Crippen molar-refractivity contribution in [2.45, 2.75) is 38.6 Å². The van der Waals surface area contributed by atoms with E-state index in [1.165, 1.54) is 7.11 Å². The summed E-state index contributed by atoms with van der Waals surface area (Å²) in [6, 6.07) is 0. The highest BCUT2D eigenvalue weighted by molar-refractivity contribution is 5.90. The van der Waals surface area contributed by atoms with Crippen LogP contribution < -0.4 is 5.32 Å². The molecule has 0 bridgehead atoms. The number of esters is 1. The van der Waals surface area contributed by atoms with Gasteiger partial charge in [-0.3, -0.25) is 0 Å². The van der Waals surface area contributed by atoms with Gasteiger partial charge in [-0.15, -0.1) is 0 Å². The summed E-state index contributed by atoms with van der Waals surface area (Å²) in [4.78, 5) is 22.3. The molecule has 0 radical (unpaired) electrons. The van der Waals surface area contributed by atoms with Gasteiger partial charge in [-0.25, -0.2) is 9.59 Å². The lowest BCUT2D eigenvalue weighted by molar-refractivity contribution is -0.145. The summed E-state index contributed by atoms with van der Waals surface area (Å²) in [6.07, 6.45) is 0.883. The SMILES string of the molecule is CCC1(CC)CC1(NC(=O)O)C(=O)OC. The summed E-state index contributed by atoms with van der Waals surface area (Å²) in [5.41, 5.74) is -1.28. The van der Waals surface area contributed by atoms with Gasteiger partial charge in [0.25, 0.3) is 0 Å². The van der Waals surface area contributed by atoms with Crippen LogP contribution in [-0.4, -0.2) is 29.8 Å². The fraction of sp³-hybridized carbons (Fsp3) is 0.800. The van der Waals surface area contributed by atoms with E-state index in [0.717, 1.165) is 12.8 Å². The van der Waals surface area contributed by atoms with Crippen LogP contribution in [0.15, 0.2) is 0 Å². The quantitative estimate of drug-likeness (QED) is 0.694. The van der Waals surface area contributed by atoms with E-state index in [0.29, 0.717) is 6.42 Å². The second-order valence-corrected chi connectivity index (χ2v) is 3.99. The molecule has 1 atom stereocenters.